The molecule has 0 unspecified atom stereocenters. The molecule has 0 aromatic heterocycles. The SMILES string of the molecule is O=C(O)c1ccc(OCC(F)(F)F)c(S(=O)(=O)Cl)c1. The van der Waals surface area contributed by atoms with E-state index in [1.807, 2.05) is 0 Å². The van der Waals surface area contributed by atoms with Crippen LogP contribution in [0.1, 0.15) is 10.4 Å². The molecule has 0 amide bonds. The second-order valence-corrected chi connectivity index (χ2v) is 5.84. The summed E-state index contributed by atoms with van der Waals surface area (Å²) in [6.45, 7) is -1.72. The van der Waals surface area contributed by atoms with Gasteiger partial charge < -0.3 is 9.84 Å². The molecule has 1 rings (SSSR count). The fourth-order valence-corrected chi connectivity index (χ4v) is 2.11. The average Bonchev–Trinajstić information content (AvgIpc) is 2.23. The Balaban J connectivity index is 3.21. The van der Waals surface area contributed by atoms with Crippen LogP contribution in [-0.4, -0.2) is 32.3 Å². The summed E-state index contributed by atoms with van der Waals surface area (Å²) >= 11 is 0. The van der Waals surface area contributed by atoms with Crippen LogP contribution in [-0.2, 0) is 9.05 Å². The highest BCUT2D eigenvalue weighted by Gasteiger charge is 2.30. The number of alkyl halides is 3. The van der Waals surface area contributed by atoms with Gasteiger partial charge in [-0.1, -0.05) is 0 Å². The van der Waals surface area contributed by atoms with E-state index in [2.05, 4.69) is 4.74 Å². The van der Waals surface area contributed by atoms with Gasteiger partial charge in [0, 0.05) is 10.7 Å². The molecule has 10 heteroatoms. The van der Waals surface area contributed by atoms with E-state index in [9.17, 15) is 26.4 Å². The first kappa shape index (κ1) is 15.6. The second kappa shape index (κ2) is 5.25. The second-order valence-electron chi connectivity index (χ2n) is 3.31. The number of carbonyl (C=O) groups is 1. The standard InChI is InChI=1S/C9H6ClF3O5S/c10-19(16,17)7-3-5(8(14)15)1-2-6(7)18-4-9(11,12)13/h1-3H,4H2,(H,14,15). The van der Waals surface area contributed by atoms with Crippen molar-refractivity contribution in [2.24, 2.45) is 0 Å². The molecule has 0 radical (unpaired) electrons. The van der Waals surface area contributed by atoms with Crippen molar-refractivity contribution in [3.8, 4) is 5.75 Å². The summed E-state index contributed by atoms with van der Waals surface area (Å²) in [7, 11) is 0.568. The highest BCUT2D eigenvalue weighted by molar-refractivity contribution is 8.13. The average molecular weight is 319 g/mol. The summed E-state index contributed by atoms with van der Waals surface area (Å²) in [6, 6.07) is 2.32. The van der Waals surface area contributed by atoms with E-state index >= 15 is 0 Å². The molecule has 0 saturated carbocycles. The zero-order valence-electron chi connectivity index (χ0n) is 8.94. The first-order valence-corrected chi connectivity index (χ1v) is 6.83. The van der Waals surface area contributed by atoms with Crippen molar-refractivity contribution in [3.05, 3.63) is 23.8 Å². The van der Waals surface area contributed by atoms with E-state index in [-0.39, 0.29) is 0 Å². The van der Waals surface area contributed by atoms with Gasteiger partial charge >= 0.3 is 12.1 Å². The predicted octanol–water partition coefficient (Wildman–Crippen LogP) is 2.25. The summed E-state index contributed by atoms with van der Waals surface area (Å²) in [4.78, 5) is 9.81. The third kappa shape index (κ3) is 4.60. The number of carboxylic acid groups (broad SMARTS) is 1. The molecule has 0 atom stereocenters. The lowest BCUT2D eigenvalue weighted by atomic mass is 10.2. The van der Waals surface area contributed by atoms with Crippen LogP contribution in [0.5, 0.6) is 5.75 Å². The van der Waals surface area contributed by atoms with E-state index in [0.717, 1.165) is 12.1 Å². The van der Waals surface area contributed by atoms with Crippen molar-refractivity contribution in [3.63, 3.8) is 0 Å². The molecule has 0 aliphatic heterocycles. The van der Waals surface area contributed by atoms with Gasteiger partial charge in [0.15, 0.2) is 6.61 Å². The van der Waals surface area contributed by atoms with Gasteiger partial charge in [-0.05, 0) is 18.2 Å². The zero-order valence-corrected chi connectivity index (χ0v) is 10.5. The molecule has 0 fully saturated rings. The maximum absolute atomic E-state index is 12.0. The molecule has 0 spiro atoms. The van der Waals surface area contributed by atoms with E-state index in [1.54, 1.807) is 0 Å². The summed E-state index contributed by atoms with van der Waals surface area (Å²) < 4.78 is 62.5. The van der Waals surface area contributed by atoms with E-state index in [4.69, 9.17) is 15.8 Å². The van der Waals surface area contributed by atoms with Crippen molar-refractivity contribution in [2.45, 2.75) is 11.1 Å². The Morgan fingerprint density at radius 1 is 1.37 bits per heavy atom. The molecular formula is C9H6ClF3O5S. The number of hydrogen-bond acceptors (Lipinski definition) is 4. The van der Waals surface area contributed by atoms with Crippen LogP contribution in [0.4, 0.5) is 13.2 Å². The molecule has 1 aromatic rings. The minimum Gasteiger partial charge on any atom is -0.483 e. The number of benzene rings is 1. The van der Waals surface area contributed by atoms with Gasteiger partial charge in [-0.25, -0.2) is 13.2 Å². The van der Waals surface area contributed by atoms with E-state index in [1.165, 1.54) is 0 Å². The Labute approximate surface area is 110 Å². The summed E-state index contributed by atoms with van der Waals surface area (Å²) in [5.41, 5.74) is -0.446. The topological polar surface area (TPSA) is 80.7 Å². The molecule has 106 valence electrons. The van der Waals surface area contributed by atoms with Gasteiger partial charge in [0.05, 0.1) is 5.56 Å². The molecule has 0 aliphatic rings. The first-order chi connectivity index (χ1) is 8.50. The fourth-order valence-electron chi connectivity index (χ4n) is 1.11. The van der Waals surface area contributed by atoms with Crippen molar-refractivity contribution in [1.82, 2.24) is 0 Å². The largest absolute Gasteiger partial charge is 0.483 e. The van der Waals surface area contributed by atoms with Crippen LogP contribution in [0.2, 0.25) is 0 Å². The number of aromatic carboxylic acids is 1. The van der Waals surface area contributed by atoms with Crippen molar-refractivity contribution < 1.29 is 36.2 Å². The molecular weight excluding hydrogens is 313 g/mol. The number of carboxylic acids is 1. The molecule has 19 heavy (non-hydrogen) atoms. The van der Waals surface area contributed by atoms with Crippen molar-refractivity contribution in [2.75, 3.05) is 6.61 Å². The number of ether oxygens (including phenoxy) is 1. The molecule has 1 N–H and O–H groups in total. The summed E-state index contributed by atoms with van der Waals surface area (Å²) in [6.07, 6.45) is -4.67. The maximum atomic E-state index is 12.0. The molecule has 1 aromatic carbocycles. The Morgan fingerprint density at radius 2 is 1.95 bits per heavy atom. The monoisotopic (exact) mass is 318 g/mol. The van der Waals surface area contributed by atoms with Crippen molar-refractivity contribution in [1.29, 1.82) is 0 Å². The highest BCUT2D eigenvalue weighted by Crippen LogP contribution is 2.29. The van der Waals surface area contributed by atoms with Gasteiger partial charge in [0.2, 0.25) is 0 Å². The van der Waals surface area contributed by atoms with Gasteiger partial charge in [-0.15, -0.1) is 0 Å². The Morgan fingerprint density at radius 3 is 2.37 bits per heavy atom. The van der Waals surface area contributed by atoms with Crippen LogP contribution in [0.15, 0.2) is 23.1 Å². The van der Waals surface area contributed by atoms with Crippen molar-refractivity contribution >= 4 is 25.7 Å². The Hall–Kier alpha value is -1.48. The van der Waals surface area contributed by atoms with Crippen LogP contribution in [0.3, 0.4) is 0 Å². The molecule has 0 heterocycles. The predicted molar refractivity (Wildman–Crippen MR) is 58.0 cm³/mol. The normalized spacial score (nSPS) is 12.2. The first-order valence-electron chi connectivity index (χ1n) is 4.52. The maximum Gasteiger partial charge on any atom is 0.422 e. The minimum atomic E-state index is -4.67. The van der Waals surface area contributed by atoms with Gasteiger partial charge in [-0.3, -0.25) is 0 Å². The van der Waals surface area contributed by atoms with Gasteiger partial charge in [0.25, 0.3) is 9.05 Å². The molecule has 5 nitrogen and oxygen atoms in total. The van der Waals surface area contributed by atoms with Crippen LogP contribution in [0.25, 0.3) is 0 Å². The lowest BCUT2D eigenvalue weighted by Gasteiger charge is -2.12. The third-order valence-electron chi connectivity index (χ3n) is 1.84. The fraction of sp³-hybridized carbons (Fsp3) is 0.222. The van der Waals surface area contributed by atoms with Gasteiger partial charge in [0.1, 0.15) is 10.6 Å². The summed E-state index contributed by atoms with van der Waals surface area (Å²) in [5.74, 6) is -2.12. The molecule has 0 bridgehead atoms. The number of hydrogen-bond donors (Lipinski definition) is 1. The molecule has 0 aliphatic carbocycles. The lowest BCUT2D eigenvalue weighted by molar-refractivity contribution is -0.153. The Bertz CT molecular complexity index is 596. The summed E-state index contributed by atoms with van der Waals surface area (Å²) in [5, 5.41) is 8.67. The quantitative estimate of drug-likeness (QED) is 0.861. The van der Waals surface area contributed by atoms with Crippen LogP contribution >= 0.6 is 10.7 Å². The van der Waals surface area contributed by atoms with Gasteiger partial charge in [-0.2, -0.15) is 13.2 Å². The van der Waals surface area contributed by atoms with E-state index in [0.29, 0.717) is 6.07 Å². The third-order valence-corrected chi connectivity index (χ3v) is 3.19. The van der Waals surface area contributed by atoms with Crippen LogP contribution in [0, 0.1) is 0 Å². The smallest absolute Gasteiger partial charge is 0.422 e. The number of halogens is 4. The van der Waals surface area contributed by atoms with E-state index < -0.39 is 44.0 Å². The Kier molecular flexibility index (Phi) is 4.31. The lowest BCUT2D eigenvalue weighted by Crippen LogP contribution is -2.20. The molecule has 0 saturated heterocycles. The van der Waals surface area contributed by atoms with Crippen LogP contribution < -0.4 is 4.74 Å². The highest BCUT2D eigenvalue weighted by atomic mass is 35.7. The minimum absolute atomic E-state index is 0.446. The number of rotatable bonds is 4. The zero-order chi connectivity index (χ0) is 14.8.